The van der Waals surface area contributed by atoms with Crippen molar-refractivity contribution in [2.24, 2.45) is 0 Å². The molecule has 2 atom stereocenters. The topological polar surface area (TPSA) is 51.0 Å². The third-order valence-corrected chi connectivity index (χ3v) is 4.57. The molecule has 2 aromatic rings. The molecule has 1 heterocycles. The summed E-state index contributed by atoms with van der Waals surface area (Å²) in [7, 11) is 0. The lowest BCUT2D eigenvalue weighted by Crippen LogP contribution is -2.39. The average Bonchev–Trinajstić information content (AvgIpc) is 3.24. The molecule has 1 amide bonds. The largest absolute Gasteiger partial charge is 0.343 e. The zero-order valence-corrected chi connectivity index (χ0v) is 13.6. The number of carbonyl (C=O) groups excluding carboxylic acids is 1. The van der Waals surface area contributed by atoms with Gasteiger partial charge < -0.3 is 10.6 Å². The summed E-state index contributed by atoms with van der Waals surface area (Å²) in [5, 5.41) is 6.27. The van der Waals surface area contributed by atoms with Crippen LogP contribution in [0.5, 0.6) is 0 Å². The Hall–Kier alpha value is -2.20. The Morgan fingerprint density at radius 1 is 1.17 bits per heavy atom. The molecule has 0 aromatic heterocycles. The number of halogens is 1. The fraction of sp³-hybridized carbons (Fsp3) is 0.316. The van der Waals surface area contributed by atoms with E-state index in [1.54, 1.807) is 18.2 Å². The highest BCUT2D eigenvalue weighted by atomic mass is 19.1. The van der Waals surface area contributed by atoms with E-state index in [9.17, 15) is 9.18 Å². The molecule has 2 unspecified atom stereocenters. The van der Waals surface area contributed by atoms with Crippen LogP contribution >= 0.6 is 0 Å². The van der Waals surface area contributed by atoms with E-state index in [4.69, 9.17) is 0 Å². The van der Waals surface area contributed by atoms with Crippen molar-refractivity contribution in [3.8, 4) is 0 Å². The minimum Gasteiger partial charge on any atom is -0.343 e. The Balaban J connectivity index is 1.94. The molecule has 0 radical (unpaired) electrons. The molecule has 2 aromatic carbocycles. The quantitative estimate of drug-likeness (QED) is 0.851. The molecule has 1 aliphatic heterocycles. The van der Waals surface area contributed by atoms with Crippen LogP contribution in [0, 0.1) is 19.7 Å². The number of hydrogen-bond acceptors (Lipinski definition) is 2. The summed E-state index contributed by atoms with van der Waals surface area (Å²) in [5.74, 6) is -0.460. The van der Waals surface area contributed by atoms with Crippen molar-refractivity contribution in [1.82, 2.24) is 10.6 Å². The Kier molecular flexibility index (Phi) is 3.94. The highest BCUT2D eigenvalue weighted by Crippen LogP contribution is 2.34. The van der Waals surface area contributed by atoms with Crippen molar-refractivity contribution < 1.29 is 9.18 Å². The first-order valence-corrected chi connectivity index (χ1v) is 7.79. The number of rotatable bonds is 4. The molecule has 23 heavy (non-hydrogen) atoms. The van der Waals surface area contributed by atoms with Crippen LogP contribution < -0.4 is 10.6 Å². The van der Waals surface area contributed by atoms with Gasteiger partial charge in [-0.1, -0.05) is 36.4 Å². The van der Waals surface area contributed by atoms with E-state index in [1.165, 1.54) is 6.07 Å². The van der Waals surface area contributed by atoms with Crippen molar-refractivity contribution in [1.29, 1.82) is 0 Å². The van der Waals surface area contributed by atoms with Gasteiger partial charge in [-0.15, -0.1) is 0 Å². The Morgan fingerprint density at radius 2 is 1.78 bits per heavy atom. The van der Waals surface area contributed by atoms with Crippen LogP contribution in [-0.4, -0.2) is 18.0 Å². The molecular formula is C19H21FN2O. The fourth-order valence-corrected chi connectivity index (χ4v) is 3.01. The maximum absolute atomic E-state index is 14.2. The van der Waals surface area contributed by atoms with Gasteiger partial charge in [0.2, 0.25) is 0 Å². The molecule has 2 N–H and O–H groups in total. The Bertz CT molecular complexity index is 733. The van der Waals surface area contributed by atoms with Crippen molar-refractivity contribution in [2.45, 2.75) is 32.4 Å². The summed E-state index contributed by atoms with van der Waals surface area (Å²) < 4.78 is 14.2. The lowest BCUT2D eigenvalue weighted by atomic mass is 9.92. The smallest absolute Gasteiger partial charge is 0.252 e. The summed E-state index contributed by atoms with van der Waals surface area (Å²) in [6, 6.07) is 12.0. The predicted octanol–water partition coefficient (Wildman–Crippen LogP) is 3.28. The van der Waals surface area contributed by atoms with Gasteiger partial charge >= 0.3 is 0 Å². The van der Waals surface area contributed by atoms with E-state index in [0.717, 1.165) is 17.7 Å². The lowest BCUT2D eigenvalue weighted by molar-refractivity contribution is 0.0926. The number of benzene rings is 2. The second kappa shape index (κ2) is 5.78. The predicted molar refractivity (Wildman–Crippen MR) is 88.9 cm³/mol. The normalized spacial score (nSPS) is 20.9. The maximum atomic E-state index is 14.2. The number of carbonyl (C=O) groups is 1. The molecule has 1 aliphatic rings. The first-order chi connectivity index (χ1) is 10.9. The van der Waals surface area contributed by atoms with Crippen molar-refractivity contribution in [3.05, 3.63) is 70.5 Å². The first kappa shape index (κ1) is 15.7. The molecule has 1 saturated heterocycles. The van der Waals surface area contributed by atoms with Crippen molar-refractivity contribution in [2.75, 3.05) is 6.54 Å². The highest BCUT2D eigenvalue weighted by Gasteiger charge is 2.47. The van der Waals surface area contributed by atoms with Gasteiger partial charge in [0.25, 0.3) is 5.91 Å². The molecule has 120 valence electrons. The van der Waals surface area contributed by atoms with Gasteiger partial charge in [0.05, 0.1) is 11.6 Å². The standard InChI is InChI=1S/C19H21FN2O/c1-12-7-6-8-13(2)16(12)18(23)22-17(19(3)11-21-19)14-9-4-5-10-15(14)20/h4-10,17,21H,11H2,1-3H3,(H,22,23). The zero-order valence-electron chi connectivity index (χ0n) is 13.6. The highest BCUT2D eigenvalue weighted by molar-refractivity contribution is 5.97. The van der Waals surface area contributed by atoms with Gasteiger partial charge in [0.1, 0.15) is 5.82 Å². The van der Waals surface area contributed by atoms with Gasteiger partial charge in [0.15, 0.2) is 0 Å². The Labute approximate surface area is 135 Å². The maximum Gasteiger partial charge on any atom is 0.252 e. The summed E-state index contributed by atoms with van der Waals surface area (Å²) in [4.78, 5) is 12.8. The number of nitrogens with one attached hydrogen (secondary N) is 2. The molecule has 3 rings (SSSR count). The van der Waals surface area contributed by atoms with E-state index in [0.29, 0.717) is 11.1 Å². The molecule has 0 saturated carbocycles. The summed E-state index contributed by atoms with van der Waals surface area (Å²) in [5.41, 5.74) is 2.71. The molecular weight excluding hydrogens is 291 g/mol. The van der Waals surface area contributed by atoms with E-state index in [1.807, 2.05) is 39.0 Å². The lowest BCUT2D eigenvalue weighted by Gasteiger charge is -2.25. The second-order valence-corrected chi connectivity index (χ2v) is 6.47. The summed E-state index contributed by atoms with van der Waals surface area (Å²) >= 11 is 0. The first-order valence-electron chi connectivity index (χ1n) is 7.79. The minimum atomic E-state index is -0.407. The van der Waals surface area contributed by atoms with E-state index in [2.05, 4.69) is 10.6 Å². The fourth-order valence-electron chi connectivity index (χ4n) is 3.01. The van der Waals surface area contributed by atoms with Crippen LogP contribution in [0.1, 0.15) is 40.0 Å². The minimum absolute atomic E-state index is 0.163. The number of hydrogen-bond donors (Lipinski definition) is 2. The van der Waals surface area contributed by atoms with E-state index >= 15 is 0 Å². The van der Waals surface area contributed by atoms with Gasteiger partial charge in [0, 0.05) is 17.7 Å². The second-order valence-electron chi connectivity index (χ2n) is 6.47. The SMILES string of the molecule is Cc1cccc(C)c1C(=O)NC(c1ccccc1F)C1(C)CN1. The van der Waals surface area contributed by atoms with Crippen molar-refractivity contribution in [3.63, 3.8) is 0 Å². The van der Waals surface area contributed by atoms with Gasteiger partial charge in [-0.25, -0.2) is 4.39 Å². The van der Waals surface area contributed by atoms with E-state index < -0.39 is 6.04 Å². The average molecular weight is 312 g/mol. The Morgan fingerprint density at radius 3 is 2.35 bits per heavy atom. The van der Waals surface area contributed by atoms with Crippen LogP contribution in [0.15, 0.2) is 42.5 Å². The zero-order chi connectivity index (χ0) is 16.6. The van der Waals surface area contributed by atoms with Crippen LogP contribution in [0.3, 0.4) is 0 Å². The molecule has 4 heteroatoms. The van der Waals surface area contributed by atoms with Gasteiger partial charge in [-0.3, -0.25) is 4.79 Å². The molecule has 0 spiro atoms. The van der Waals surface area contributed by atoms with Gasteiger partial charge in [-0.05, 0) is 38.0 Å². The summed E-state index contributed by atoms with van der Waals surface area (Å²) in [6.45, 7) is 6.57. The third-order valence-electron chi connectivity index (χ3n) is 4.57. The summed E-state index contributed by atoms with van der Waals surface area (Å²) in [6.07, 6.45) is 0. The van der Waals surface area contributed by atoms with Crippen LogP contribution in [0.2, 0.25) is 0 Å². The molecule has 0 aliphatic carbocycles. The molecule has 3 nitrogen and oxygen atoms in total. The molecule has 0 bridgehead atoms. The van der Waals surface area contributed by atoms with Crippen LogP contribution in [0.4, 0.5) is 4.39 Å². The monoisotopic (exact) mass is 312 g/mol. The van der Waals surface area contributed by atoms with Gasteiger partial charge in [-0.2, -0.15) is 0 Å². The van der Waals surface area contributed by atoms with E-state index in [-0.39, 0.29) is 17.3 Å². The van der Waals surface area contributed by atoms with Crippen molar-refractivity contribution >= 4 is 5.91 Å². The third kappa shape index (κ3) is 2.99. The van der Waals surface area contributed by atoms with Crippen LogP contribution in [0.25, 0.3) is 0 Å². The number of aryl methyl sites for hydroxylation is 2. The number of amides is 1. The molecule has 1 fully saturated rings. The van der Waals surface area contributed by atoms with Crippen LogP contribution in [-0.2, 0) is 0 Å².